The van der Waals surface area contributed by atoms with Gasteiger partial charge in [-0.1, -0.05) is 62.2 Å². The Morgan fingerprint density at radius 2 is 1.98 bits per heavy atom. The van der Waals surface area contributed by atoms with Gasteiger partial charge in [0.05, 0.1) is 37.2 Å². The van der Waals surface area contributed by atoms with Crippen molar-refractivity contribution in [2.24, 2.45) is 11.8 Å². The van der Waals surface area contributed by atoms with E-state index in [-0.39, 0.29) is 25.0 Å². The molecule has 4 rings (SSSR count). The molecule has 0 radical (unpaired) electrons. The molecular weight excluding hydrogens is 520 g/mol. The second-order valence-corrected chi connectivity index (χ2v) is 11.6. The van der Waals surface area contributed by atoms with Crippen LogP contribution in [0.25, 0.3) is 0 Å². The van der Waals surface area contributed by atoms with Gasteiger partial charge in [-0.2, -0.15) is 0 Å². The number of esters is 1. The van der Waals surface area contributed by atoms with Gasteiger partial charge in [0.1, 0.15) is 11.6 Å². The Kier molecular flexibility index (Phi) is 10.8. The zero-order valence-electron chi connectivity index (χ0n) is 24.4. The van der Waals surface area contributed by atoms with Crippen LogP contribution in [0, 0.1) is 11.8 Å². The highest BCUT2D eigenvalue weighted by Crippen LogP contribution is 2.59. The molecule has 6 atom stereocenters. The number of nitrogens with zero attached hydrogens (tertiary/aromatic N) is 2. The number of likely N-dealkylation sites (tertiary alicyclic amines) is 1. The summed E-state index contributed by atoms with van der Waals surface area (Å²) in [5, 5.41) is 10.6. The summed E-state index contributed by atoms with van der Waals surface area (Å²) in [7, 11) is 0. The maximum atomic E-state index is 14.4. The highest BCUT2D eigenvalue weighted by atomic mass is 16.6. The van der Waals surface area contributed by atoms with E-state index in [1.54, 1.807) is 15.9 Å². The second-order valence-electron chi connectivity index (χ2n) is 11.6. The number of rotatable bonds is 17. The lowest BCUT2D eigenvalue weighted by Gasteiger charge is -2.39. The Bertz CT molecular complexity index is 1080. The van der Waals surface area contributed by atoms with E-state index in [0.717, 1.165) is 37.7 Å². The highest BCUT2D eigenvalue weighted by molar-refractivity contribution is 5.98. The van der Waals surface area contributed by atoms with Crippen molar-refractivity contribution < 1.29 is 29.0 Å². The molecule has 1 aromatic carbocycles. The number of unbranched alkanes of at least 4 members (excludes halogenated alkanes) is 4. The van der Waals surface area contributed by atoms with E-state index >= 15 is 0 Å². The third-order valence-corrected chi connectivity index (χ3v) is 8.90. The van der Waals surface area contributed by atoms with Gasteiger partial charge >= 0.3 is 5.97 Å². The summed E-state index contributed by atoms with van der Waals surface area (Å²) in [4.78, 5) is 45.5. The van der Waals surface area contributed by atoms with Crippen molar-refractivity contribution in [2.45, 2.75) is 88.5 Å². The number of hydrogen-bond acceptors (Lipinski definition) is 6. The molecule has 1 aromatic rings. The molecule has 3 fully saturated rings. The van der Waals surface area contributed by atoms with Crippen molar-refractivity contribution in [3.8, 4) is 0 Å². The number of ether oxygens (including phenoxy) is 2. The molecule has 1 N–H and O–H groups in total. The maximum absolute atomic E-state index is 14.4. The fourth-order valence-electron chi connectivity index (χ4n) is 7.00. The number of carbonyl (C=O) groups excluding carboxylic acids is 3. The van der Waals surface area contributed by atoms with Gasteiger partial charge in [0.15, 0.2) is 0 Å². The molecule has 2 bridgehead atoms. The van der Waals surface area contributed by atoms with Crippen molar-refractivity contribution in [2.75, 3.05) is 26.3 Å². The summed E-state index contributed by atoms with van der Waals surface area (Å²) < 4.78 is 12.2. The van der Waals surface area contributed by atoms with E-state index in [0.29, 0.717) is 38.8 Å². The van der Waals surface area contributed by atoms with Crippen molar-refractivity contribution in [3.63, 3.8) is 0 Å². The van der Waals surface area contributed by atoms with Crippen LogP contribution in [0.1, 0.15) is 63.9 Å². The molecule has 8 heteroatoms. The molecular formula is C33H46N2O6. The average Bonchev–Trinajstić information content (AvgIpc) is 3.63. The van der Waals surface area contributed by atoms with Crippen LogP contribution in [-0.2, 0) is 30.3 Å². The van der Waals surface area contributed by atoms with Gasteiger partial charge in [0.25, 0.3) is 0 Å². The first kappa shape index (κ1) is 31.0. The van der Waals surface area contributed by atoms with Crippen LogP contribution >= 0.6 is 0 Å². The number of carbonyl (C=O) groups is 3. The monoisotopic (exact) mass is 566 g/mol. The van der Waals surface area contributed by atoms with Crippen molar-refractivity contribution in [1.29, 1.82) is 0 Å². The smallest absolute Gasteiger partial charge is 0.312 e. The Labute approximate surface area is 244 Å². The molecule has 224 valence electrons. The molecule has 3 heterocycles. The van der Waals surface area contributed by atoms with Crippen LogP contribution in [0.2, 0.25) is 0 Å². The summed E-state index contributed by atoms with van der Waals surface area (Å²) in [6.07, 6.45) is 9.81. The van der Waals surface area contributed by atoms with Gasteiger partial charge < -0.3 is 24.4 Å². The topological polar surface area (TPSA) is 96.4 Å². The summed E-state index contributed by atoms with van der Waals surface area (Å²) in [5.74, 6) is -2.53. The number of hydrogen-bond donors (Lipinski definition) is 1. The Morgan fingerprint density at radius 1 is 1.20 bits per heavy atom. The Hall–Kier alpha value is -2.97. The van der Waals surface area contributed by atoms with Crippen LogP contribution in [0.3, 0.4) is 0 Å². The lowest BCUT2D eigenvalue weighted by Crippen LogP contribution is -2.59. The first-order valence-electron chi connectivity index (χ1n) is 15.2. The minimum Gasteiger partial charge on any atom is -0.465 e. The number of benzene rings is 1. The second kappa shape index (κ2) is 14.3. The van der Waals surface area contributed by atoms with Gasteiger partial charge in [0.2, 0.25) is 11.8 Å². The van der Waals surface area contributed by atoms with Crippen LogP contribution in [0.5, 0.6) is 0 Å². The van der Waals surface area contributed by atoms with Crippen molar-refractivity contribution >= 4 is 17.8 Å². The van der Waals surface area contributed by atoms with Gasteiger partial charge in [0, 0.05) is 13.1 Å². The predicted molar refractivity (Wildman–Crippen MR) is 157 cm³/mol. The molecule has 0 aliphatic carbocycles. The van der Waals surface area contributed by atoms with E-state index in [1.807, 2.05) is 36.4 Å². The lowest BCUT2D eigenvalue weighted by molar-refractivity contribution is -0.156. The number of allylic oxidation sites excluding steroid dienone is 1. The van der Waals surface area contributed by atoms with Gasteiger partial charge in [-0.15, -0.1) is 13.2 Å². The van der Waals surface area contributed by atoms with Gasteiger partial charge in [-0.05, 0) is 50.5 Å². The molecule has 0 aromatic heterocycles. The Balaban J connectivity index is 1.67. The number of amides is 2. The first-order valence-corrected chi connectivity index (χ1v) is 15.2. The zero-order chi connectivity index (χ0) is 29.4. The van der Waals surface area contributed by atoms with Gasteiger partial charge in [-0.3, -0.25) is 14.4 Å². The third-order valence-electron chi connectivity index (χ3n) is 8.90. The fraction of sp³-hybridized carbons (Fsp3) is 0.606. The predicted octanol–water partition coefficient (Wildman–Crippen LogP) is 4.07. The molecule has 3 saturated heterocycles. The van der Waals surface area contributed by atoms with E-state index in [4.69, 9.17) is 9.47 Å². The highest BCUT2D eigenvalue weighted by Gasteiger charge is 2.75. The van der Waals surface area contributed by atoms with E-state index in [1.165, 1.54) is 0 Å². The van der Waals surface area contributed by atoms with E-state index in [9.17, 15) is 19.5 Å². The molecule has 41 heavy (non-hydrogen) atoms. The minimum absolute atomic E-state index is 0.206. The van der Waals surface area contributed by atoms with Crippen LogP contribution < -0.4 is 0 Å². The first-order chi connectivity index (χ1) is 19.9. The summed E-state index contributed by atoms with van der Waals surface area (Å²) in [6, 6.07) is 8.06. The maximum Gasteiger partial charge on any atom is 0.312 e. The number of fused-ring (bicyclic) bond motifs is 1. The lowest BCUT2D eigenvalue weighted by atomic mass is 9.70. The molecule has 1 spiro atoms. The van der Waals surface area contributed by atoms with Gasteiger partial charge in [-0.25, -0.2) is 0 Å². The van der Waals surface area contributed by atoms with Crippen molar-refractivity contribution in [1.82, 2.24) is 9.80 Å². The average molecular weight is 567 g/mol. The molecule has 2 unspecified atom stereocenters. The minimum atomic E-state index is -1.13. The molecule has 0 saturated carbocycles. The van der Waals surface area contributed by atoms with Crippen LogP contribution in [0.4, 0.5) is 0 Å². The van der Waals surface area contributed by atoms with E-state index in [2.05, 4.69) is 20.1 Å². The third kappa shape index (κ3) is 6.28. The molecule has 3 aliphatic rings. The molecule has 3 aliphatic heterocycles. The van der Waals surface area contributed by atoms with Crippen LogP contribution in [0.15, 0.2) is 55.6 Å². The Morgan fingerprint density at radius 3 is 2.66 bits per heavy atom. The number of aliphatic hydroxyl groups is 1. The fourth-order valence-corrected chi connectivity index (χ4v) is 7.00. The SMILES string of the molecule is C=CCCCCOC(=O)[C@@H]1[C@@H]2CCC3(O2)C(C(=O)N(CC=C)CCCCC)N([C@@H](CO)Cc2ccccc2)C(=O)[C@H]13. The summed E-state index contributed by atoms with van der Waals surface area (Å²) in [5.41, 5.74) is -0.175. The molecule has 2 amide bonds. The standard InChI is InChI=1S/C33H46N2O6/c1-4-7-9-14-21-40-32(39)27-26-17-18-33(41-26)28(27)30(37)35(25(23-36)22-24-15-11-10-12-16-24)29(33)31(38)34(19-6-3)20-13-8-5-2/h4,6,10-12,15-16,25-29,36H,1,3,5,7-9,13-14,17-23H2,2H3/t25-,26+,27-,28+,29?,33?/m1/s1. The summed E-state index contributed by atoms with van der Waals surface area (Å²) in [6.45, 7) is 10.5. The summed E-state index contributed by atoms with van der Waals surface area (Å²) >= 11 is 0. The normalized spacial score (nSPS) is 27.0. The molecule has 8 nitrogen and oxygen atoms in total. The van der Waals surface area contributed by atoms with E-state index < -0.39 is 41.6 Å². The zero-order valence-corrected chi connectivity index (χ0v) is 24.4. The van der Waals surface area contributed by atoms with Crippen LogP contribution in [-0.4, -0.2) is 82.8 Å². The largest absolute Gasteiger partial charge is 0.465 e. The quantitative estimate of drug-likeness (QED) is 0.174. The number of aliphatic hydroxyl groups excluding tert-OH is 1. The van der Waals surface area contributed by atoms with Crippen molar-refractivity contribution in [3.05, 3.63) is 61.2 Å².